The van der Waals surface area contributed by atoms with Gasteiger partial charge in [0.1, 0.15) is 18.0 Å². The molecule has 4 aromatic rings. The first kappa shape index (κ1) is 30.9. The molecule has 0 aromatic heterocycles. The van der Waals surface area contributed by atoms with Gasteiger partial charge < -0.3 is 25.6 Å². The van der Waals surface area contributed by atoms with Crippen LogP contribution in [0.15, 0.2) is 91.0 Å². The first-order valence-corrected chi connectivity index (χ1v) is 15.7. The van der Waals surface area contributed by atoms with E-state index < -0.39 is 12.2 Å². The van der Waals surface area contributed by atoms with E-state index >= 15 is 0 Å². The molecule has 2 aliphatic rings. The molecule has 10 nitrogen and oxygen atoms in total. The van der Waals surface area contributed by atoms with Gasteiger partial charge >= 0.3 is 6.03 Å². The van der Waals surface area contributed by atoms with Crippen molar-refractivity contribution in [2.24, 2.45) is 0 Å². The maximum atomic E-state index is 14.3. The number of ether oxygens (including phenoxy) is 1. The molecular formula is C36H40N6O4. The molecule has 10 heteroatoms. The van der Waals surface area contributed by atoms with Crippen LogP contribution in [0.5, 0.6) is 5.75 Å². The summed E-state index contributed by atoms with van der Waals surface area (Å²) < 4.78 is 5.25. The fourth-order valence-corrected chi connectivity index (χ4v) is 6.47. The summed E-state index contributed by atoms with van der Waals surface area (Å²) in [6.07, 6.45) is 0.539. The highest BCUT2D eigenvalue weighted by atomic mass is 16.5. The first-order valence-electron chi connectivity index (χ1n) is 15.7. The zero-order chi connectivity index (χ0) is 32.2. The molecule has 0 bridgehead atoms. The van der Waals surface area contributed by atoms with Crippen LogP contribution >= 0.6 is 0 Å². The third-order valence-electron chi connectivity index (χ3n) is 8.80. The Morgan fingerprint density at radius 1 is 0.957 bits per heavy atom. The van der Waals surface area contributed by atoms with Gasteiger partial charge in [-0.1, -0.05) is 73.7 Å². The minimum atomic E-state index is -0.722. The molecule has 2 aliphatic heterocycles. The standard InChI is InChI=1S/C36H40N6O4/c1-3-19-40(36(45)38-21-26-13-17-30(46-2)18-14-26)41-24-34(43)42-32(20-25-11-15-29(37)16-12-25)35(44)39(23-33(41)42)22-28-9-6-8-27-7-4-5-10-31(27)28/h4-18,32-33H,3,19-24,37H2,1-2H3,(H,38,45)/t32-,33+/m0/s1. The second kappa shape index (κ2) is 13.5. The Morgan fingerprint density at radius 2 is 1.67 bits per heavy atom. The molecule has 0 unspecified atom stereocenters. The molecule has 0 spiro atoms. The molecule has 6 rings (SSSR count). The van der Waals surface area contributed by atoms with E-state index in [1.165, 1.54) is 0 Å². The third kappa shape index (κ3) is 6.34. The van der Waals surface area contributed by atoms with Crippen LogP contribution in [-0.4, -0.2) is 76.6 Å². The number of nitrogen functional groups attached to an aromatic ring is 1. The number of hydrogen-bond donors (Lipinski definition) is 2. The van der Waals surface area contributed by atoms with E-state index in [1.807, 2.05) is 89.6 Å². The van der Waals surface area contributed by atoms with Crippen LogP contribution in [-0.2, 0) is 29.1 Å². The molecule has 3 N–H and O–H groups in total. The van der Waals surface area contributed by atoms with Crippen LogP contribution in [0.4, 0.5) is 10.5 Å². The number of amides is 4. The van der Waals surface area contributed by atoms with Gasteiger partial charge in [0.2, 0.25) is 11.8 Å². The number of nitrogens with zero attached hydrogens (tertiary/aromatic N) is 4. The van der Waals surface area contributed by atoms with E-state index in [1.54, 1.807) is 17.0 Å². The monoisotopic (exact) mass is 620 g/mol. The lowest BCUT2D eigenvalue weighted by Crippen LogP contribution is -2.66. The molecule has 46 heavy (non-hydrogen) atoms. The van der Waals surface area contributed by atoms with E-state index in [0.717, 1.165) is 33.2 Å². The molecule has 4 aromatic carbocycles. The SMILES string of the molecule is CCCN(C(=O)NCc1ccc(OC)cc1)N1CC(=O)N2[C@@H](Cc3ccc(N)cc3)C(=O)N(Cc3cccc4ccccc34)C[C@@H]21. The van der Waals surface area contributed by atoms with Crippen LogP contribution < -0.4 is 15.8 Å². The Hall–Kier alpha value is -5.09. The Morgan fingerprint density at radius 3 is 2.41 bits per heavy atom. The molecule has 2 saturated heterocycles. The second-order valence-corrected chi connectivity index (χ2v) is 11.8. The number of nitrogens with two attached hydrogens (primary N) is 1. The predicted molar refractivity (Wildman–Crippen MR) is 177 cm³/mol. The number of benzene rings is 4. The summed E-state index contributed by atoms with van der Waals surface area (Å²) >= 11 is 0. The van der Waals surface area contributed by atoms with Crippen molar-refractivity contribution in [1.29, 1.82) is 0 Å². The van der Waals surface area contributed by atoms with Gasteiger partial charge in [-0.3, -0.25) is 14.6 Å². The number of nitrogens with one attached hydrogen (secondary N) is 1. The molecule has 2 fully saturated rings. The summed E-state index contributed by atoms with van der Waals surface area (Å²) in [5.41, 5.74) is 9.44. The number of methoxy groups -OCH3 is 1. The summed E-state index contributed by atoms with van der Waals surface area (Å²) in [4.78, 5) is 45.3. The molecule has 2 heterocycles. The summed E-state index contributed by atoms with van der Waals surface area (Å²) in [7, 11) is 1.61. The van der Waals surface area contributed by atoms with Gasteiger partial charge in [-0.15, -0.1) is 0 Å². The normalized spacial score (nSPS) is 18.1. The highest BCUT2D eigenvalue weighted by Crippen LogP contribution is 2.31. The smallest absolute Gasteiger partial charge is 0.332 e. The average Bonchev–Trinajstić information content (AvgIpc) is 3.40. The van der Waals surface area contributed by atoms with Crippen molar-refractivity contribution in [3.8, 4) is 5.75 Å². The zero-order valence-electron chi connectivity index (χ0n) is 26.3. The van der Waals surface area contributed by atoms with Crippen molar-refractivity contribution in [3.63, 3.8) is 0 Å². The molecule has 4 amide bonds. The number of hydrogen-bond acceptors (Lipinski definition) is 6. The number of hydrazine groups is 1. The van der Waals surface area contributed by atoms with E-state index in [-0.39, 0.29) is 30.9 Å². The van der Waals surface area contributed by atoms with Crippen LogP contribution in [0.1, 0.15) is 30.0 Å². The number of urea groups is 1. The lowest BCUT2D eigenvalue weighted by atomic mass is 9.99. The van der Waals surface area contributed by atoms with E-state index in [2.05, 4.69) is 23.5 Å². The predicted octanol–water partition coefficient (Wildman–Crippen LogP) is 4.39. The van der Waals surface area contributed by atoms with Gasteiger partial charge in [0.05, 0.1) is 20.2 Å². The van der Waals surface area contributed by atoms with Gasteiger partial charge in [-0.05, 0) is 58.1 Å². The average molecular weight is 621 g/mol. The van der Waals surface area contributed by atoms with Crippen molar-refractivity contribution in [1.82, 2.24) is 25.1 Å². The van der Waals surface area contributed by atoms with Crippen LogP contribution in [0, 0.1) is 0 Å². The number of anilines is 1. The summed E-state index contributed by atoms with van der Waals surface area (Å²) in [5, 5.41) is 8.69. The van der Waals surface area contributed by atoms with E-state index in [0.29, 0.717) is 38.2 Å². The maximum Gasteiger partial charge on any atom is 0.332 e. The number of carbonyl (C=O) groups excluding carboxylic acids is 3. The fourth-order valence-electron chi connectivity index (χ4n) is 6.47. The van der Waals surface area contributed by atoms with Crippen molar-refractivity contribution in [3.05, 3.63) is 108 Å². The van der Waals surface area contributed by atoms with Crippen molar-refractivity contribution in [2.75, 3.05) is 32.5 Å². The van der Waals surface area contributed by atoms with Gasteiger partial charge in [0, 0.05) is 31.7 Å². The van der Waals surface area contributed by atoms with Crippen LogP contribution in [0.3, 0.4) is 0 Å². The third-order valence-corrected chi connectivity index (χ3v) is 8.80. The minimum absolute atomic E-state index is 0.00818. The number of fused-ring (bicyclic) bond motifs is 2. The molecule has 0 aliphatic carbocycles. The number of carbonyl (C=O) groups is 3. The molecule has 238 valence electrons. The summed E-state index contributed by atoms with van der Waals surface area (Å²) in [6, 6.07) is 28.2. The largest absolute Gasteiger partial charge is 0.497 e. The first-order chi connectivity index (χ1) is 22.4. The van der Waals surface area contributed by atoms with Crippen molar-refractivity contribution in [2.45, 2.75) is 45.1 Å². The number of piperazine rings is 1. The van der Waals surface area contributed by atoms with Gasteiger partial charge in [-0.25, -0.2) is 4.79 Å². The Labute approximate surface area is 269 Å². The summed E-state index contributed by atoms with van der Waals surface area (Å²) in [6.45, 7) is 3.42. The van der Waals surface area contributed by atoms with Crippen molar-refractivity contribution < 1.29 is 19.1 Å². The summed E-state index contributed by atoms with van der Waals surface area (Å²) in [5.74, 6) is 0.460. The minimum Gasteiger partial charge on any atom is -0.497 e. The Balaban J connectivity index is 1.29. The van der Waals surface area contributed by atoms with Gasteiger partial charge in [-0.2, -0.15) is 5.01 Å². The zero-order valence-corrected chi connectivity index (χ0v) is 26.3. The van der Waals surface area contributed by atoms with E-state index in [4.69, 9.17) is 10.5 Å². The quantitative estimate of drug-likeness (QED) is 0.255. The van der Waals surface area contributed by atoms with Gasteiger partial charge in [0.25, 0.3) is 0 Å². The maximum absolute atomic E-state index is 14.3. The second-order valence-electron chi connectivity index (χ2n) is 11.8. The Kier molecular flexibility index (Phi) is 9.07. The van der Waals surface area contributed by atoms with Crippen LogP contribution in [0.25, 0.3) is 10.8 Å². The number of rotatable bonds is 10. The lowest BCUT2D eigenvalue weighted by molar-refractivity contribution is -0.157. The highest BCUT2D eigenvalue weighted by Gasteiger charge is 2.52. The van der Waals surface area contributed by atoms with Crippen LogP contribution in [0.2, 0.25) is 0 Å². The lowest BCUT2D eigenvalue weighted by Gasteiger charge is -2.46. The Bertz CT molecular complexity index is 1700. The molecule has 0 saturated carbocycles. The van der Waals surface area contributed by atoms with E-state index in [9.17, 15) is 14.4 Å². The molecule has 2 atom stereocenters. The molecular weight excluding hydrogens is 580 g/mol. The van der Waals surface area contributed by atoms with Gasteiger partial charge in [0.15, 0.2) is 0 Å². The molecule has 0 radical (unpaired) electrons. The fraction of sp³-hybridized carbons (Fsp3) is 0.306. The topological polar surface area (TPSA) is 111 Å². The highest BCUT2D eigenvalue weighted by molar-refractivity contribution is 5.92. The van der Waals surface area contributed by atoms with Crippen molar-refractivity contribution >= 4 is 34.3 Å².